The zero-order valence-corrected chi connectivity index (χ0v) is 13.5. The Morgan fingerprint density at radius 3 is 2.91 bits per heavy atom. The standard InChI is InChI=1S/C17H24N2O4/c1-19-11-15(23-13-17(19)21)10-18-16(20)8-5-9-22-12-14-6-3-2-4-7-14/h2-4,6-7,15H,5,8-13H2,1H3,(H,18,20)/t15-/m1/s1. The minimum atomic E-state index is -0.129. The second-order valence-electron chi connectivity index (χ2n) is 5.65. The molecule has 0 spiro atoms. The van der Waals surface area contributed by atoms with Crippen molar-refractivity contribution in [3.8, 4) is 0 Å². The number of morpholine rings is 1. The van der Waals surface area contributed by atoms with Gasteiger partial charge in [0.25, 0.3) is 0 Å². The molecular formula is C17H24N2O4. The van der Waals surface area contributed by atoms with Crippen molar-refractivity contribution in [1.82, 2.24) is 10.2 Å². The number of amides is 2. The Morgan fingerprint density at radius 1 is 1.39 bits per heavy atom. The van der Waals surface area contributed by atoms with Crippen molar-refractivity contribution in [2.24, 2.45) is 0 Å². The van der Waals surface area contributed by atoms with Crippen LogP contribution in [0.4, 0.5) is 0 Å². The van der Waals surface area contributed by atoms with Crippen molar-refractivity contribution >= 4 is 11.8 Å². The third kappa shape index (κ3) is 6.38. The molecule has 2 rings (SSSR count). The summed E-state index contributed by atoms with van der Waals surface area (Å²) in [5, 5.41) is 2.84. The largest absolute Gasteiger partial charge is 0.377 e. The highest BCUT2D eigenvalue weighted by Gasteiger charge is 2.23. The van der Waals surface area contributed by atoms with Gasteiger partial charge in [0.15, 0.2) is 0 Å². The summed E-state index contributed by atoms with van der Waals surface area (Å²) in [5.41, 5.74) is 1.13. The Morgan fingerprint density at radius 2 is 2.17 bits per heavy atom. The molecule has 1 saturated heterocycles. The fourth-order valence-corrected chi connectivity index (χ4v) is 2.30. The van der Waals surface area contributed by atoms with Crippen LogP contribution in [-0.2, 0) is 25.7 Å². The molecule has 1 aromatic carbocycles. The molecule has 6 heteroatoms. The number of nitrogens with zero attached hydrogens (tertiary/aromatic N) is 1. The van der Waals surface area contributed by atoms with Crippen molar-refractivity contribution in [2.75, 3.05) is 33.4 Å². The van der Waals surface area contributed by atoms with E-state index in [0.717, 1.165) is 5.56 Å². The molecule has 0 radical (unpaired) electrons. The Balaban J connectivity index is 1.51. The number of carbonyl (C=O) groups excluding carboxylic acids is 2. The van der Waals surface area contributed by atoms with E-state index in [9.17, 15) is 9.59 Å². The highest BCUT2D eigenvalue weighted by molar-refractivity contribution is 5.78. The lowest BCUT2D eigenvalue weighted by atomic mass is 10.2. The smallest absolute Gasteiger partial charge is 0.248 e. The van der Waals surface area contributed by atoms with Crippen LogP contribution in [0.15, 0.2) is 30.3 Å². The quantitative estimate of drug-likeness (QED) is 0.725. The molecule has 126 valence electrons. The second-order valence-corrected chi connectivity index (χ2v) is 5.65. The van der Waals surface area contributed by atoms with Crippen LogP contribution in [0.3, 0.4) is 0 Å². The number of benzene rings is 1. The van der Waals surface area contributed by atoms with E-state index in [0.29, 0.717) is 39.1 Å². The number of hydrogen-bond acceptors (Lipinski definition) is 4. The monoisotopic (exact) mass is 320 g/mol. The molecule has 6 nitrogen and oxygen atoms in total. The normalized spacial score (nSPS) is 18.0. The average molecular weight is 320 g/mol. The Bertz CT molecular complexity index is 507. The van der Waals surface area contributed by atoms with Gasteiger partial charge in [-0.05, 0) is 12.0 Å². The SMILES string of the molecule is CN1C[C@@H](CNC(=O)CCCOCc2ccccc2)OCC1=O. The molecule has 0 aromatic heterocycles. The predicted molar refractivity (Wildman–Crippen MR) is 85.7 cm³/mol. The molecule has 1 N–H and O–H groups in total. The van der Waals surface area contributed by atoms with Gasteiger partial charge in [-0.25, -0.2) is 0 Å². The molecule has 2 amide bonds. The number of ether oxygens (including phenoxy) is 2. The number of hydrogen-bond donors (Lipinski definition) is 1. The molecule has 1 heterocycles. The molecule has 0 aliphatic carbocycles. The first-order valence-electron chi connectivity index (χ1n) is 7.89. The maximum Gasteiger partial charge on any atom is 0.248 e. The van der Waals surface area contributed by atoms with Gasteiger partial charge in [0.2, 0.25) is 11.8 Å². The minimum Gasteiger partial charge on any atom is -0.377 e. The summed E-state index contributed by atoms with van der Waals surface area (Å²) in [6.45, 7) is 2.16. The van der Waals surface area contributed by atoms with E-state index in [1.807, 2.05) is 30.3 Å². The lowest BCUT2D eigenvalue weighted by molar-refractivity contribution is -0.146. The average Bonchev–Trinajstić information content (AvgIpc) is 2.56. The predicted octanol–water partition coefficient (Wildman–Crippen LogP) is 0.957. The minimum absolute atomic E-state index is 0.0172. The van der Waals surface area contributed by atoms with Crippen LogP contribution in [0.25, 0.3) is 0 Å². The summed E-state index contributed by atoms with van der Waals surface area (Å²) in [4.78, 5) is 24.7. The first kappa shape index (κ1) is 17.4. The summed E-state index contributed by atoms with van der Waals surface area (Å²) < 4.78 is 10.9. The summed E-state index contributed by atoms with van der Waals surface area (Å²) in [7, 11) is 1.74. The van der Waals surface area contributed by atoms with Crippen LogP contribution in [0.2, 0.25) is 0 Å². The molecule has 1 fully saturated rings. The van der Waals surface area contributed by atoms with Gasteiger partial charge in [-0.15, -0.1) is 0 Å². The maximum atomic E-state index is 11.8. The first-order chi connectivity index (χ1) is 11.1. The summed E-state index contributed by atoms with van der Waals surface area (Å²) in [5.74, 6) is -0.0420. The van der Waals surface area contributed by atoms with E-state index in [4.69, 9.17) is 9.47 Å². The van der Waals surface area contributed by atoms with Crippen LogP contribution in [0.5, 0.6) is 0 Å². The Hall–Kier alpha value is -1.92. The molecular weight excluding hydrogens is 296 g/mol. The zero-order chi connectivity index (χ0) is 16.5. The van der Waals surface area contributed by atoms with Crippen molar-refractivity contribution in [1.29, 1.82) is 0 Å². The topological polar surface area (TPSA) is 67.9 Å². The van der Waals surface area contributed by atoms with Gasteiger partial charge in [-0.1, -0.05) is 30.3 Å². The van der Waals surface area contributed by atoms with Gasteiger partial charge in [0, 0.05) is 33.2 Å². The summed E-state index contributed by atoms with van der Waals surface area (Å²) >= 11 is 0. The molecule has 1 atom stereocenters. The van der Waals surface area contributed by atoms with Gasteiger partial charge < -0.3 is 19.7 Å². The van der Waals surface area contributed by atoms with Crippen molar-refractivity contribution in [2.45, 2.75) is 25.6 Å². The highest BCUT2D eigenvalue weighted by atomic mass is 16.5. The molecule has 1 aliphatic heterocycles. The molecule has 23 heavy (non-hydrogen) atoms. The summed E-state index contributed by atoms with van der Waals surface area (Å²) in [6, 6.07) is 9.95. The number of likely N-dealkylation sites (N-methyl/N-ethyl adjacent to an activating group) is 1. The van der Waals surface area contributed by atoms with Gasteiger partial charge in [-0.3, -0.25) is 9.59 Å². The molecule has 0 saturated carbocycles. The lowest BCUT2D eigenvalue weighted by Gasteiger charge is -2.29. The van der Waals surface area contributed by atoms with Crippen LogP contribution in [-0.4, -0.2) is 56.2 Å². The molecule has 0 unspecified atom stereocenters. The van der Waals surface area contributed by atoms with Crippen molar-refractivity contribution in [3.63, 3.8) is 0 Å². The van der Waals surface area contributed by atoms with Gasteiger partial charge in [0.1, 0.15) is 6.61 Å². The van der Waals surface area contributed by atoms with E-state index in [-0.39, 0.29) is 24.5 Å². The number of carbonyl (C=O) groups is 2. The van der Waals surface area contributed by atoms with Gasteiger partial charge >= 0.3 is 0 Å². The third-order valence-electron chi connectivity index (χ3n) is 3.68. The molecule has 1 aromatic rings. The maximum absolute atomic E-state index is 11.8. The number of rotatable bonds is 8. The van der Waals surface area contributed by atoms with Crippen molar-refractivity contribution in [3.05, 3.63) is 35.9 Å². The van der Waals surface area contributed by atoms with E-state index in [1.165, 1.54) is 0 Å². The Labute approximate surface area is 136 Å². The van der Waals surface area contributed by atoms with Crippen LogP contribution in [0.1, 0.15) is 18.4 Å². The van der Waals surface area contributed by atoms with Crippen LogP contribution < -0.4 is 5.32 Å². The van der Waals surface area contributed by atoms with E-state index < -0.39 is 0 Å². The van der Waals surface area contributed by atoms with Crippen LogP contribution in [0, 0.1) is 0 Å². The Kier molecular flexibility index (Phi) is 7.03. The van der Waals surface area contributed by atoms with Gasteiger partial charge in [0.05, 0.1) is 12.7 Å². The molecule has 1 aliphatic rings. The second kappa shape index (κ2) is 9.27. The van der Waals surface area contributed by atoms with Crippen molar-refractivity contribution < 1.29 is 19.1 Å². The van der Waals surface area contributed by atoms with E-state index >= 15 is 0 Å². The van der Waals surface area contributed by atoms with Crippen LogP contribution >= 0.6 is 0 Å². The molecule has 0 bridgehead atoms. The third-order valence-corrected chi connectivity index (χ3v) is 3.68. The highest BCUT2D eigenvalue weighted by Crippen LogP contribution is 2.04. The lowest BCUT2D eigenvalue weighted by Crippen LogP contribution is -2.48. The van der Waals surface area contributed by atoms with E-state index in [2.05, 4.69) is 5.32 Å². The summed E-state index contributed by atoms with van der Waals surface area (Å²) in [6.07, 6.45) is 0.981. The number of nitrogens with one attached hydrogen (secondary N) is 1. The van der Waals surface area contributed by atoms with E-state index in [1.54, 1.807) is 11.9 Å². The fourth-order valence-electron chi connectivity index (χ4n) is 2.30. The van der Waals surface area contributed by atoms with Gasteiger partial charge in [-0.2, -0.15) is 0 Å². The first-order valence-corrected chi connectivity index (χ1v) is 7.89. The zero-order valence-electron chi connectivity index (χ0n) is 13.5. The fraction of sp³-hybridized carbons (Fsp3) is 0.529.